The summed E-state index contributed by atoms with van der Waals surface area (Å²) >= 11 is 0. The zero-order valence-electron chi connectivity index (χ0n) is 18.0. The van der Waals surface area contributed by atoms with Crippen LogP contribution in [0.25, 0.3) is 10.9 Å². The minimum absolute atomic E-state index is 0.0198. The van der Waals surface area contributed by atoms with Crippen molar-refractivity contribution in [2.75, 3.05) is 13.2 Å². The standard InChI is InChI=1S/C24H26F4N2O/c1-5-31-15-10-18(26)21(19(27)11-15)23-22-17(8-13(2)30(23)12-24(3,4)28)16-7-6-14(25)9-20(16)29-22/h6-7,9-11,13,23,29H,5,8,12H2,1-4H3. The summed E-state index contributed by atoms with van der Waals surface area (Å²) < 4.78 is 64.3. The summed E-state index contributed by atoms with van der Waals surface area (Å²) in [5.74, 6) is -1.84. The number of nitrogens with zero attached hydrogens (tertiary/aromatic N) is 1. The summed E-state index contributed by atoms with van der Waals surface area (Å²) in [6.07, 6.45) is 0.549. The van der Waals surface area contributed by atoms with Crippen molar-refractivity contribution >= 4 is 10.9 Å². The summed E-state index contributed by atoms with van der Waals surface area (Å²) in [7, 11) is 0. The van der Waals surface area contributed by atoms with Crippen molar-refractivity contribution in [3.05, 3.63) is 64.6 Å². The van der Waals surface area contributed by atoms with Crippen LogP contribution in [0.4, 0.5) is 17.6 Å². The molecule has 3 aromatic rings. The van der Waals surface area contributed by atoms with Crippen molar-refractivity contribution in [2.45, 2.75) is 51.9 Å². The number of alkyl halides is 1. The molecule has 4 rings (SSSR count). The third kappa shape index (κ3) is 4.03. The molecule has 2 unspecified atom stereocenters. The summed E-state index contributed by atoms with van der Waals surface area (Å²) in [5, 5.41) is 0.805. The molecule has 2 atom stereocenters. The maximum atomic E-state index is 15.3. The van der Waals surface area contributed by atoms with Gasteiger partial charge in [-0.05, 0) is 57.9 Å². The zero-order chi connectivity index (χ0) is 22.5. The fourth-order valence-electron chi connectivity index (χ4n) is 4.60. The van der Waals surface area contributed by atoms with Gasteiger partial charge < -0.3 is 9.72 Å². The molecule has 0 spiro atoms. The Morgan fingerprint density at radius 1 is 1.13 bits per heavy atom. The van der Waals surface area contributed by atoms with E-state index in [0.717, 1.165) is 23.1 Å². The molecule has 1 N–H and O–H groups in total. The second-order valence-corrected chi connectivity index (χ2v) is 8.79. The smallest absolute Gasteiger partial charge is 0.135 e. The van der Waals surface area contributed by atoms with E-state index in [-0.39, 0.29) is 30.5 Å². The first-order valence-corrected chi connectivity index (χ1v) is 10.5. The normalized spacial score (nSPS) is 19.6. The van der Waals surface area contributed by atoms with Crippen LogP contribution in [0.15, 0.2) is 30.3 Å². The van der Waals surface area contributed by atoms with Gasteiger partial charge >= 0.3 is 0 Å². The number of aromatic nitrogens is 1. The number of H-pyrrole nitrogens is 1. The van der Waals surface area contributed by atoms with Crippen LogP contribution < -0.4 is 4.74 Å². The van der Waals surface area contributed by atoms with Gasteiger partial charge in [-0.15, -0.1) is 0 Å². The molecule has 31 heavy (non-hydrogen) atoms. The van der Waals surface area contributed by atoms with E-state index in [2.05, 4.69) is 4.98 Å². The number of rotatable bonds is 5. The van der Waals surface area contributed by atoms with Gasteiger partial charge in [0.1, 0.15) is 28.9 Å². The fourth-order valence-corrected chi connectivity index (χ4v) is 4.60. The number of benzene rings is 2. The second kappa shape index (κ2) is 7.86. The lowest BCUT2D eigenvalue weighted by atomic mass is 9.87. The number of fused-ring (bicyclic) bond motifs is 3. The van der Waals surface area contributed by atoms with Gasteiger partial charge in [-0.3, -0.25) is 4.90 Å². The molecule has 0 saturated carbocycles. The van der Waals surface area contributed by atoms with Crippen LogP contribution >= 0.6 is 0 Å². The van der Waals surface area contributed by atoms with Crippen LogP contribution in [0.3, 0.4) is 0 Å². The van der Waals surface area contributed by atoms with Crippen molar-refractivity contribution in [1.29, 1.82) is 0 Å². The van der Waals surface area contributed by atoms with E-state index >= 15 is 8.78 Å². The highest BCUT2D eigenvalue weighted by Crippen LogP contribution is 2.43. The van der Waals surface area contributed by atoms with Gasteiger partial charge in [0.25, 0.3) is 0 Å². The zero-order valence-corrected chi connectivity index (χ0v) is 18.0. The Morgan fingerprint density at radius 3 is 2.42 bits per heavy atom. The van der Waals surface area contributed by atoms with Crippen LogP contribution in [-0.2, 0) is 6.42 Å². The Morgan fingerprint density at radius 2 is 1.81 bits per heavy atom. The molecule has 0 aliphatic carbocycles. The van der Waals surface area contributed by atoms with E-state index in [1.807, 2.05) is 6.92 Å². The molecule has 0 radical (unpaired) electrons. The minimum Gasteiger partial charge on any atom is -0.494 e. The third-order valence-electron chi connectivity index (χ3n) is 5.77. The largest absolute Gasteiger partial charge is 0.494 e. The molecule has 0 bridgehead atoms. The maximum absolute atomic E-state index is 15.3. The van der Waals surface area contributed by atoms with Crippen molar-refractivity contribution in [3.8, 4) is 5.75 Å². The van der Waals surface area contributed by atoms with E-state index in [9.17, 15) is 8.78 Å². The number of ether oxygens (including phenoxy) is 1. The van der Waals surface area contributed by atoms with Gasteiger partial charge in [-0.1, -0.05) is 0 Å². The Balaban J connectivity index is 1.95. The number of hydrogen-bond acceptors (Lipinski definition) is 2. The summed E-state index contributed by atoms with van der Waals surface area (Å²) in [6.45, 7) is 6.78. The van der Waals surface area contributed by atoms with E-state index < -0.39 is 29.2 Å². The second-order valence-electron chi connectivity index (χ2n) is 8.79. The van der Waals surface area contributed by atoms with Crippen molar-refractivity contribution in [2.24, 2.45) is 0 Å². The Bertz CT molecular complexity index is 1100. The lowest BCUT2D eigenvalue weighted by molar-refractivity contribution is 0.0642. The SMILES string of the molecule is CCOc1cc(F)c(C2c3[nH]c4cc(F)ccc4c3CC(C)N2CC(C)(C)F)c(F)c1. The van der Waals surface area contributed by atoms with Crippen LogP contribution in [0, 0.1) is 17.5 Å². The highest BCUT2D eigenvalue weighted by Gasteiger charge is 2.41. The van der Waals surface area contributed by atoms with Gasteiger partial charge in [0, 0.05) is 46.9 Å². The molecular weight excluding hydrogens is 408 g/mol. The fraction of sp³-hybridized carbons (Fsp3) is 0.417. The number of halogens is 4. The molecule has 1 aliphatic heterocycles. The van der Waals surface area contributed by atoms with Gasteiger partial charge in [0.05, 0.1) is 12.6 Å². The molecule has 1 aromatic heterocycles. The predicted molar refractivity (Wildman–Crippen MR) is 113 cm³/mol. The number of nitrogens with one attached hydrogen (secondary N) is 1. The third-order valence-corrected chi connectivity index (χ3v) is 5.77. The molecule has 0 amide bonds. The Hall–Kier alpha value is -2.54. The summed E-state index contributed by atoms with van der Waals surface area (Å²) in [6, 6.07) is 5.63. The van der Waals surface area contributed by atoms with Crippen LogP contribution in [0.5, 0.6) is 5.75 Å². The molecule has 2 heterocycles. The van der Waals surface area contributed by atoms with Gasteiger partial charge in [-0.25, -0.2) is 17.6 Å². The lowest BCUT2D eigenvalue weighted by Gasteiger charge is -2.43. The average Bonchev–Trinajstić information content (AvgIpc) is 2.99. The predicted octanol–water partition coefficient (Wildman–Crippen LogP) is 6.07. The average molecular weight is 434 g/mol. The van der Waals surface area contributed by atoms with E-state index in [1.165, 1.54) is 26.0 Å². The van der Waals surface area contributed by atoms with E-state index in [1.54, 1.807) is 17.9 Å². The minimum atomic E-state index is -1.58. The van der Waals surface area contributed by atoms with Crippen molar-refractivity contribution in [3.63, 3.8) is 0 Å². The highest BCUT2D eigenvalue weighted by atomic mass is 19.1. The molecular formula is C24H26F4N2O. The summed E-state index contributed by atoms with van der Waals surface area (Å²) in [4.78, 5) is 4.94. The Labute approximate surface area is 179 Å². The molecule has 0 saturated heterocycles. The topological polar surface area (TPSA) is 28.3 Å². The lowest BCUT2D eigenvalue weighted by Crippen LogP contribution is -2.48. The van der Waals surface area contributed by atoms with Crippen LogP contribution in [0.2, 0.25) is 0 Å². The van der Waals surface area contributed by atoms with Gasteiger partial charge in [0.2, 0.25) is 0 Å². The van der Waals surface area contributed by atoms with Crippen LogP contribution in [0.1, 0.15) is 50.6 Å². The quantitative estimate of drug-likeness (QED) is 0.494. The molecule has 0 fully saturated rings. The van der Waals surface area contributed by atoms with Crippen LogP contribution in [-0.4, -0.2) is 34.7 Å². The molecule has 166 valence electrons. The maximum Gasteiger partial charge on any atom is 0.135 e. The summed E-state index contributed by atoms with van der Waals surface area (Å²) in [5.41, 5.74) is 0.223. The van der Waals surface area contributed by atoms with Crippen molar-refractivity contribution < 1.29 is 22.3 Å². The highest BCUT2D eigenvalue weighted by molar-refractivity contribution is 5.85. The first kappa shape index (κ1) is 21.7. The molecule has 2 aromatic carbocycles. The monoisotopic (exact) mass is 434 g/mol. The molecule has 1 aliphatic rings. The first-order valence-electron chi connectivity index (χ1n) is 10.5. The molecule has 7 heteroatoms. The van der Waals surface area contributed by atoms with E-state index in [0.29, 0.717) is 17.6 Å². The Kier molecular flexibility index (Phi) is 5.50. The molecule has 3 nitrogen and oxygen atoms in total. The number of aromatic amines is 1. The van der Waals surface area contributed by atoms with Gasteiger partial charge in [0.15, 0.2) is 0 Å². The van der Waals surface area contributed by atoms with Gasteiger partial charge in [-0.2, -0.15) is 0 Å². The first-order chi connectivity index (χ1) is 14.6. The van der Waals surface area contributed by atoms with E-state index in [4.69, 9.17) is 4.74 Å². The van der Waals surface area contributed by atoms with Crippen molar-refractivity contribution in [1.82, 2.24) is 9.88 Å². The number of hydrogen-bond donors (Lipinski definition) is 1.